The van der Waals surface area contributed by atoms with Gasteiger partial charge in [-0.15, -0.1) is 0 Å². The predicted octanol–water partition coefficient (Wildman–Crippen LogP) is 0.402. The number of carbonyl (C=O) groups excluding carboxylic acids is 2. The summed E-state index contributed by atoms with van der Waals surface area (Å²) in [5.41, 5.74) is 5.19. The Bertz CT molecular complexity index is 311. The van der Waals surface area contributed by atoms with Crippen molar-refractivity contribution in [1.29, 1.82) is 0 Å². The van der Waals surface area contributed by atoms with Crippen LogP contribution in [0.25, 0.3) is 0 Å². The minimum absolute atomic E-state index is 0.121. The van der Waals surface area contributed by atoms with Gasteiger partial charge in [0, 0.05) is 0 Å². The number of nitrogens with two attached hydrogens (primary N) is 1. The third-order valence-corrected chi connectivity index (χ3v) is 2.42. The molecule has 1 rings (SSSR count). The molecular formula is C11H15NO4S. The first-order chi connectivity index (χ1) is 7.97. The Kier molecular flexibility index (Phi) is 8.00. The average Bonchev–Trinajstić information content (AvgIpc) is 2.30. The average molecular weight is 257 g/mol. The van der Waals surface area contributed by atoms with E-state index in [1.165, 1.54) is 24.3 Å². The molecule has 6 heteroatoms. The molecule has 0 aromatic rings. The fraction of sp³-hybridized carbons (Fsp3) is 0.364. The van der Waals surface area contributed by atoms with Crippen LogP contribution in [0.3, 0.4) is 0 Å². The molecule has 1 atom stereocenters. The second-order valence-electron chi connectivity index (χ2n) is 3.20. The number of thioether (sulfide) groups is 1. The van der Waals surface area contributed by atoms with E-state index in [2.05, 4.69) is 0 Å². The highest BCUT2D eigenvalue weighted by atomic mass is 32.2. The van der Waals surface area contributed by atoms with Crippen molar-refractivity contribution < 1.29 is 19.5 Å². The molecule has 17 heavy (non-hydrogen) atoms. The standard InChI is InChI=1S/C6H4O2.C5H11NO2S/c7-5-1-2-6(8)4-3-5;1-9-3-2-4(6)5(7)8/h1-4H;4H,2-3,6H2,1H3,(H,7,8)/t;4-/m.0/s1. The van der Waals surface area contributed by atoms with E-state index in [1.54, 1.807) is 11.8 Å². The number of ketones is 2. The molecule has 94 valence electrons. The number of carboxylic acids is 1. The summed E-state index contributed by atoms with van der Waals surface area (Å²) in [5.74, 6) is -0.341. The molecule has 1 aliphatic rings. The third-order valence-electron chi connectivity index (χ3n) is 1.77. The lowest BCUT2D eigenvalue weighted by Crippen LogP contribution is -2.30. The van der Waals surface area contributed by atoms with Gasteiger partial charge in [-0.3, -0.25) is 14.4 Å². The first-order valence-corrected chi connectivity index (χ1v) is 6.28. The molecule has 0 amide bonds. The Morgan fingerprint density at radius 1 is 1.29 bits per heavy atom. The highest BCUT2D eigenvalue weighted by Gasteiger charge is 2.08. The van der Waals surface area contributed by atoms with Gasteiger partial charge in [-0.2, -0.15) is 11.8 Å². The van der Waals surface area contributed by atoms with E-state index in [0.717, 1.165) is 5.75 Å². The number of rotatable bonds is 4. The second-order valence-corrected chi connectivity index (χ2v) is 4.18. The van der Waals surface area contributed by atoms with Crippen molar-refractivity contribution in [3.8, 4) is 0 Å². The lowest BCUT2D eigenvalue weighted by Gasteiger charge is -2.02. The van der Waals surface area contributed by atoms with Crippen molar-refractivity contribution in [2.75, 3.05) is 12.0 Å². The van der Waals surface area contributed by atoms with Gasteiger partial charge in [0.25, 0.3) is 0 Å². The molecule has 0 saturated heterocycles. The van der Waals surface area contributed by atoms with Gasteiger partial charge in [0.2, 0.25) is 0 Å². The minimum Gasteiger partial charge on any atom is -0.480 e. The van der Waals surface area contributed by atoms with Crippen molar-refractivity contribution in [2.24, 2.45) is 5.73 Å². The zero-order valence-corrected chi connectivity index (χ0v) is 10.3. The lowest BCUT2D eigenvalue weighted by molar-refractivity contribution is -0.138. The van der Waals surface area contributed by atoms with E-state index < -0.39 is 12.0 Å². The summed E-state index contributed by atoms with van der Waals surface area (Å²) in [7, 11) is 0. The van der Waals surface area contributed by atoms with Gasteiger partial charge in [0.15, 0.2) is 11.6 Å². The van der Waals surface area contributed by atoms with Crippen LogP contribution in [-0.4, -0.2) is 40.7 Å². The summed E-state index contributed by atoms with van der Waals surface area (Å²) in [6.07, 6.45) is 7.49. The lowest BCUT2D eigenvalue weighted by atomic mass is 10.2. The molecule has 0 aromatic heterocycles. The molecule has 0 heterocycles. The molecule has 1 aliphatic carbocycles. The van der Waals surface area contributed by atoms with E-state index in [4.69, 9.17) is 10.8 Å². The Balaban J connectivity index is 0.000000302. The van der Waals surface area contributed by atoms with E-state index in [-0.39, 0.29) is 11.6 Å². The Labute approximate surface area is 104 Å². The monoisotopic (exact) mass is 257 g/mol. The second kappa shape index (κ2) is 8.72. The molecule has 0 saturated carbocycles. The fourth-order valence-electron chi connectivity index (χ4n) is 0.808. The topological polar surface area (TPSA) is 97.5 Å². The molecular weight excluding hydrogens is 242 g/mol. The van der Waals surface area contributed by atoms with Crippen LogP contribution in [0, 0.1) is 0 Å². The first kappa shape index (κ1) is 15.6. The van der Waals surface area contributed by atoms with Crippen LogP contribution in [0.2, 0.25) is 0 Å². The number of hydrogen-bond acceptors (Lipinski definition) is 5. The summed E-state index contributed by atoms with van der Waals surface area (Å²) < 4.78 is 0. The van der Waals surface area contributed by atoms with Gasteiger partial charge >= 0.3 is 5.97 Å². The SMILES string of the molecule is CSCC[C@H](N)C(=O)O.O=C1C=CC(=O)C=C1. The predicted molar refractivity (Wildman–Crippen MR) is 66.9 cm³/mol. The van der Waals surface area contributed by atoms with Gasteiger partial charge in [0.05, 0.1) is 0 Å². The molecule has 3 N–H and O–H groups in total. The highest BCUT2D eigenvalue weighted by Crippen LogP contribution is 1.97. The van der Waals surface area contributed by atoms with E-state index in [1.807, 2.05) is 6.26 Å². The van der Waals surface area contributed by atoms with Crippen molar-refractivity contribution in [2.45, 2.75) is 12.5 Å². The van der Waals surface area contributed by atoms with Crippen LogP contribution in [0.15, 0.2) is 24.3 Å². The molecule has 0 aromatic carbocycles. The van der Waals surface area contributed by atoms with Crippen molar-refractivity contribution in [3.05, 3.63) is 24.3 Å². The number of aliphatic carboxylic acids is 1. The van der Waals surface area contributed by atoms with Crippen LogP contribution in [-0.2, 0) is 14.4 Å². The van der Waals surface area contributed by atoms with Crippen LogP contribution in [0.5, 0.6) is 0 Å². The van der Waals surface area contributed by atoms with Crippen LogP contribution < -0.4 is 5.73 Å². The Morgan fingerprint density at radius 3 is 2.00 bits per heavy atom. The molecule has 0 spiro atoms. The molecule has 0 aliphatic heterocycles. The largest absolute Gasteiger partial charge is 0.480 e. The summed E-state index contributed by atoms with van der Waals surface area (Å²) in [6, 6.07) is -0.683. The maximum absolute atomic E-state index is 10.3. The maximum Gasteiger partial charge on any atom is 0.320 e. The summed E-state index contributed by atoms with van der Waals surface area (Å²) in [5, 5.41) is 8.27. The molecule has 5 nitrogen and oxygen atoms in total. The molecule has 0 unspecified atom stereocenters. The van der Waals surface area contributed by atoms with Crippen molar-refractivity contribution in [3.63, 3.8) is 0 Å². The van der Waals surface area contributed by atoms with Gasteiger partial charge in [0.1, 0.15) is 6.04 Å². The van der Waals surface area contributed by atoms with Crippen LogP contribution >= 0.6 is 11.8 Å². The summed E-state index contributed by atoms with van der Waals surface area (Å²) in [6.45, 7) is 0. The maximum atomic E-state index is 10.3. The van der Waals surface area contributed by atoms with Gasteiger partial charge in [-0.25, -0.2) is 0 Å². The van der Waals surface area contributed by atoms with E-state index in [0.29, 0.717) is 6.42 Å². The molecule has 0 radical (unpaired) electrons. The normalized spacial score (nSPS) is 15.2. The van der Waals surface area contributed by atoms with E-state index >= 15 is 0 Å². The quantitative estimate of drug-likeness (QED) is 0.708. The number of hydrogen-bond donors (Lipinski definition) is 2. The third kappa shape index (κ3) is 8.41. The zero-order chi connectivity index (χ0) is 13.3. The van der Waals surface area contributed by atoms with Crippen LogP contribution in [0.1, 0.15) is 6.42 Å². The van der Waals surface area contributed by atoms with Gasteiger partial charge in [-0.1, -0.05) is 0 Å². The fourth-order valence-corrected chi connectivity index (χ4v) is 1.30. The number of allylic oxidation sites excluding steroid dienone is 4. The van der Waals surface area contributed by atoms with Crippen molar-refractivity contribution in [1.82, 2.24) is 0 Å². The Hall–Kier alpha value is -1.40. The van der Waals surface area contributed by atoms with Crippen molar-refractivity contribution >= 4 is 29.3 Å². The number of carboxylic acid groups (broad SMARTS) is 1. The molecule has 0 bridgehead atoms. The van der Waals surface area contributed by atoms with Gasteiger partial charge in [-0.05, 0) is 42.7 Å². The number of carbonyl (C=O) groups is 3. The highest BCUT2D eigenvalue weighted by molar-refractivity contribution is 7.98. The molecule has 0 fully saturated rings. The van der Waals surface area contributed by atoms with Crippen LogP contribution in [0.4, 0.5) is 0 Å². The smallest absolute Gasteiger partial charge is 0.320 e. The summed E-state index contributed by atoms with van der Waals surface area (Å²) >= 11 is 1.60. The van der Waals surface area contributed by atoms with E-state index in [9.17, 15) is 14.4 Å². The Morgan fingerprint density at radius 2 is 1.71 bits per heavy atom. The minimum atomic E-state index is -0.913. The zero-order valence-electron chi connectivity index (χ0n) is 9.46. The summed E-state index contributed by atoms with van der Waals surface area (Å²) in [4.78, 5) is 30.6. The van der Waals surface area contributed by atoms with Gasteiger partial charge < -0.3 is 10.8 Å². The first-order valence-electron chi connectivity index (χ1n) is 4.88.